The van der Waals surface area contributed by atoms with Gasteiger partial charge in [-0.15, -0.1) is 5.10 Å². The average molecular weight is 238 g/mol. The lowest BCUT2D eigenvalue weighted by Crippen LogP contribution is -2.31. The summed E-state index contributed by atoms with van der Waals surface area (Å²) in [6.07, 6.45) is 6.67. The molecule has 0 radical (unpaired) electrons. The summed E-state index contributed by atoms with van der Waals surface area (Å²) in [7, 11) is 0. The molecule has 96 valence electrons. The van der Waals surface area contributed by atoms with Crippen molar-refractivity contribution in [2.75, 3.05) is 0 Å². The number of hydrogen-bond acceptors (Lipinski definition) is 4. The van der Waals surface area contributed by atoms with Gasteiger partial charge in [-0.1, -0.05) is 18.6 Å². The second-order valence-corrected chi connectivity index (χ2v) is 5.28. The predicted octanol–water partition coefficient (Wildman–Crippen LogP) is 1.55. The molecular formula is C12H22N4O. The van der Waals surface area contributed by atoms with E-state index in [-0.39, 0.29) is 12.1 Å². The molecule has 0 bridgehead atoms. The Kier molecular flexibility index (Phi) is 3.49. The van der Waals surface area contributed by atoms with Crippen LogP contribution in [0.2, 0.25) is 0 Å². The lowest BCUT2D eigenvalue weighted by Gasteiger charge is -2.25. The van der Waals surface area contributed by atoms with Crippen LogP contribution in [0.15, 0.2) is 6.20 Å². The van der Waals surface area contributed by atoms with Gasteiger partial charge in [0, 0.05) is 0 Å². The van der Waals surface area contributed by atoms with E-state index in [1.54, 1.807) is 4.68 Å². The third-order valence-corrected chi connectivity index (χ3v) is 3.71. The van der Waals surface area contributed by atoms with E-state index >= 15 is 0 Å². The highest BCUT2D eigenvalue weighted by atomic mass is 16.3. The third-order valence-electron chi connectivity index (χ3n) is 3.71. The Hall–Kier alpha value is -0.940. The molecule has 1 aromatic heterocycles. The van der Waals surface area contributed by atoms with Crippen LogP contribution in [0, 0.1) is 0 Å². The molecule has 0 aromatic carbocycles. The number of hydrogen-bond donors (Lipinski definition) is 2. The van der Waals surface area contributed by atoms with E-state index in [0.29, 0.717) is 0 Å². The summed E-state index contributed by atoms with van der Waals surface area (Å²) < 4.78 is 1.79. The SMILES string of the molecule is CCCC(N)c1cn(C2CCCC2(C)O)nn1. The van der Waals surface area contributed by atoms with Crippen LogP contribution < -0.4 is 5.73 Å². The van der Waals surface area contributed by atoms with Gasteiger partial charge in [-0.3, -0.25) is 0 Å². The summed E-state index contributed by atoms with van der Waals surface area (Å²) in [5.74, 6) is 0. The zero-order valence-electron chi connectivity index (χ0n) is 10.6. The Morgan fingerprint density at radius 2 is 2.47 bits per heavy atom. The van der Waals surface area contributed by atoms with Crippen LogP contribution in [0.5, 0.6) is 0 Å². The summed E-state index contributed by atoms with van der Waals surface area (Å²) in [5, 5.41) is 18.5. The molecule has 0 amide bonds. The van der Waals surface area contributed by atoms with Gasteiger partial charge < -0.3 is 10.8 Å². The summed E-state index contributed by atoms with van der Waals surface area (Å²) in [4.78, 5) is 0. The first-order valence-corrected chi connectivity index (χ1v) is 6.44. The molecule has 1 fully saturated rings. The number of aliphatic hydroxyl groups is 1. The van der Waals surface area contributed by atoms with Crippen LogP contribution in [0.25, 0.3) is 0 Å². The molecule has 2 rings (SSSR count). The Balaban J connectivity index is 2.13. The van der Waals surface area contributed by atoms with Crippen LogP contribution in [-0.4, -0.2) is 25.7 Å². The maximum Gasteiger partial charge on any atom is 0.0994 e. The van der Waals surface area contributed by atoms with Crippen molar-refractivity contribution in [3.63, 3.8) is 0 Å². The molecule has 1 aliphatic carbocycles. The van der Waals surface area contributed by atoms with Crippen molar-refractivity contribution in [2.24, 2.45) is 5.73 Å². The molecule has 17 heavy (non-hydrogen) atoms. The van der Waals surface area contributed by atoms with E-state index in [1.807, 2.05) is 13.1 Å². The van der Waals surface area contributed by atoms with E-state index in [9.17, 15) is 5.11 Å². The molecule has 0 saturated heterocycles. The minimum absolute atomic E-state index is 0.0394. The van der Waals surface area contributed by atoms with Crippen molar-refractivity contribution in [3.8, 4) is 0 Å². The second kappa shape index (κ2) is 4.74. The first-order valence-electron chi connectivity index (χ1n) is 6.44. The van der Waals surface area contributed by atoms with Crippen molar-refractivity contribution in [2.45, 2.75) is 63.6 Å². The van der Waals surface area contributed by atoms with Gasteiger partial charge >= 0.3 is 0 Å². The van der Waals surface area contributed by atoms with Crippen molar-refractivity contribution in [1.82, 2.24) is 15.0 Å². The van der Waals surface area contributed by atoms with Crippen LogP contribution in [0.3, 0.4) is 0 Å². The van der Waals surface area contributed by atoms with Crippen LogP contribution >= 0.6 is 0 Å². The fourth-order valence-electron chi connectivity index (χ4n) is 2.62. The van der Waals surface area contributed by atoms with Gasteiger partial charge in [-0.05, 0) is 32.6 Å². The molecule has 3 unspecified atom stereocenters. The summed E-state index contributed by atoms with van der Waals surface area (Å²) in [5.41, 5.74) is 6.17. The molecule has 0 spiro atoms. The Labute approximate surface area is 102 Å². The topological polar surface area (TPSA) is 77.0 Å². The van der Waals surface area contributed by atoms with E-state index in [2.05, 4.69) is 17.2 Å². The highest BCUT2D eigenvalue weighted by molar-refractivity contribution is 5.02. The van der Waals surface area contributed by atoms with Crippen molar-refractivity contribution in [3.05, 3.63) is 11.9 Å². The normalized spacial score (nSPS) is 30.7. The summed E-state index contributed by atoms with van der Waals surface area (Å²) in [6, 6.07) is -0.00215. The zero-order chi connectivity index (χ0) is 12.5. The van der Waals surface area contributed by atoms with Crippen molar-refractivity contribution >= 4 is 0 Å². The van der Waals surface area contributed by atoms with E-state index in [0.717, 1.165) is 37.8 Å². The van der Waals surface area contributed by atoms with E-state index < -0.39 is 5.60 Å². The third kappa shape index (κ3) is 2.50. The molecule has 1 aliphatic rings. The highest BCUT2D eigenvalue weighted by Gasteiger charge is 2.38. The molecule has 3 N–H and O–H groups in total. The smallest absolute Gasteiger partial charge is 0.0994 e. The largest absolute Gasteiger partial charge is 0.388 e. The van der Waals surface area contributed by atoms with Crippen molar-refractivity contribution < 1.29 is 5.11 Å². The Morgan fingerprint density at radius 3 is 3.06 bits per heavy atom. The maximum atomic E-state index is 10.2. The predicted molar refractivity (Wildman–Crippen MR) is 65.4 cm³/mol. The van der Waals surface area contributed by atoms with Gasteiger partial charge in [-0.2, -0.15) is 0 Å². The Morgan fingerprint density at radius 1 is 1.71 bits per heavy atom. The molecule has 1 aromatic rings. The second-order valence-electron chi connectivity index (χ2n) is 5.28. The molecule has 3 atom stereocenters. The van der Waals surface area contributed by atoms with Gasteiger partial charge in [0.2, 0.25) is 0 Å². The molecule has 0 aliphatic heterocycles. The minimum atomic E-state index is -0.667. The average Bonchev–Trinajstić information content (AvgIpc) is 2.84. The van der Waals surface area contributed by atoms with E-state index in [4.69, 9.17) is 5.73 Å². The van der Waals surface area contributed by atoms with Gasteiger partial charge in [0.25, 0.3) is 0 Å². The van der Waals surface area contributed by atoms with E-state index in [1.165, 1.54) is 0 Å². The molecular weight excluding hydrogens is 216 g/mol. The molecule has 5 heteroatoms. The van der Waals surface area contributed by atoms with Crippen LogP contribution in [-0.2, 0) is 0 Å². The van der Waals surface area contributed by atoms with Crippen LogP contribution in [0.1, 0.15) is 63.7 Å². The first kappa shape index (κ1) is 12.5. The molecule has 5 nitrogen and oxygen atoms in total. The maximum absolute atomic E-state index is 10.2. The lowest BCUT2D eigenvalue weighted by atomic mass is 10.0. The molecule has 1 saturated carbocycles. The fraction of sp³-hybridized carbons (Fsp3) is 0.833. The van der Waals surface area contributed by atoms with Gasteiger partial charge in [0.15, 0.2) is 0 Å². The standard InChI is InChI=1S/C12H22N4O/c1-3-5-9(13)10-8-16(15-14-10)11-6-4-7-12(11,2)17/h8-9,11,17H,3-7,13H2,1-2H3. The van der Waals surface area contributed by atoms with Gasteiger partial charge in [0.05, 0.1) is 29.6 Å². The first-order chi connectivity index (χ1) is 8.04. The highest BCUT2D eigenvalue weighted by Crippen LogP contribution is 2.38. The number of aromatic nitrogens is 3. The number of nitrogens with zero attached hydrogens (tertiary/aromatic N) is 3. The fourth-order valence-corrected chi connectivity index (χ4v) is 2.62. The van der Waals surface area contributed by atoms with Crippen molar-refractivity contribution in [1.29, 1.82) is 0 Å². The van der Waals surface area contributed by atoms with Gasteiger partial charge in [0.1, 0.15) is 0 Å². The summed E-state index contributed by atoms with van der Waals surface area (Å²) in [6.45, 7) is 3.98. The molecule has 1 heterocycles. The zero-order valence-corrected chi connectivity index (χ0v) is 10.6. The van der Waals surface area contributed by atoms with Gasteiger partial charge in [-0.25, -0.2) is 4.68 Å². The number of rotatable bonds is 4. The Bertz CT molecular complexity index is 374. The monoisotopic (exact) mass is 238 g/mol. The lowest BCUT2D eigenvalue weighted by molar-refractivity contribution is 0.0215. The number of nitrogens with two attached hydrogens (primary N) is 1. The van der Waals surface area contributed by atoms with Crippen LogP contribution in [0.4, 0.5) is 0 Å². The quantitative estimate of drug-likeness (QED) is 0.834. The minimum Gasteiger partial charge on any atom is -0.388 e. The summed E-state index contributed by atoms with van der Waals surface area (Å²) >= 11 is 0.